The van der Waals surface area contributed by atoms with Crippen molar-refractivity contribution >= 4 is 44.8 Å². The fourth-order valence-electron chi connectivity index (χ4n) is 4.63. The maximum atomic E-state index is 12.7. The number of halogens is 4. The summed E-state index contributed by atoms with van der Waals surface area (Å²) in [5.41, 5.74) is 0.689. The zero-order valence-corrected chi connectivity index (χ0v) is 24.8. The van der Waals surface area contributed by atoms with E-state index < -0.39 is 19.1 Å². The van der Waals surface area contributed by atoms with E-state index in [9.17, 15) is 27.2 Å². The summed E-state index contributed by atoms with van der Waals surface area (Å²) in [5.74, 6) is 5.01. The van der Waals surface area contributed by atoms with Crippen LogP contribution in [0.3, 0.4) is 0 Å². The number of nitrogens with zero attached hydrogens (tertiary/aromatic N) is 7. The van der Waals surface area contributed by atoms with Gasteiger partial charge in [0.1, 0.15) is 21.5 Å². The third-order valence-electron chi connectivity index (χ3n) is 6.68. The van der Waals surface area contributed by atoms with Crippen molar-refractivity contribution in [3.8, 4) is 11.5 Å². The van der Waals surface area contributed by atoms with Gasteiger partial charge in [-0.05, 0) is 43.5 Å². The molecule has 0 aromatic carbocycles. The van der Waals surface area contributed by atoms with E-state index >= 15 is 0 Å². The number of nitrogens with two attached hydrogens (primary N) is 1. The van der Waals surface area contributed by atoms with Crippen LogP contribution in [0.4, 0.5) is 27.8 Å². The lowest BCUT2D eigenvalue weighted by Gasteiger charge is -2.25. The minimum Gasteiger partial charge on any atom is -0.433 e. The van der Waals surface area contributed by atoms with Crippen molar-refractivity contribution in [2.45, 2.75) is 63.6 Å². The van der Waals surface area contributed by atoms with E-state index in [1.807, 2.05) is 0 Å². The second-order valence-electron chi connectivity index (χ2n) is 9.82. The second-order valence-corrected chi connectivity index (χ2v) is 11.8. The van der Waals surface area contributed by atoms with Crippen LogP contribution in [0.5, 0.6) is 11.5 Å². The van der Waals surface area contributed by atoms with Crippen LogP contribution in [0.1, 0.15) is 58.9 Å². The third kappa shape index (κ3) is 8.85. The lowest BCUT2D eigenvalue weighted by molar-refractivity contribution is -0.118. The number of anilines is 2. The van der Waals surface area contributed by atoms with Crippen molar-refractivity contribution < 1.29 is 36.6 Å². The number of hydrogen-bond acceptors (Lipinski definition) is 13. The first kappa shape index (κ1) is 32.0. The zero-order chi connectivity index (χ0) is 31.9. The number of alkyl halides is 4. The first-order valence-corrected chi connectivity index (χ1v) is 15.1. The molecule has 2 atom stereocenters. The SMILES string of the molecule is NN(C(=O)Cc1ccc(OC(F)F)cn1)c1nnc([C@H]2CCC[C@H](c3nnc(NC(=O)Cc4ccc(OC(F)F)cn4)s3)C2)s1. The molecule has 4 aromatic rings. The van der Waals surface area contributed by atoms with Crippen LogP contribution in [0.25, 0.3) is 0 Å². The van der Waals surface area contributed by atoms with E-state index in [0.29, 0.717) is 22.9 Å². The fourth-order valence-corrected chi connectivity index (χ4v) is 6.47. The van der Waals surface area contributed by atoms with E-state index in [1.165, 1.54) is 46.9 Å². The topological polar surface area (TPSA) is 171 Å². The Morgan fingerprint density at radius 3 is 2.02 bits per heavy atom. The molecule has 0 spiro atoms. The summed E-state index contributed by atoms with van der Waals surface area (Å²) < 4.78 is 57.8. The van der Waals surface area contributed by atoms with Gasteiger partial charge in [0, 0.05) is 17.5 Å². The van der Waals surface area contributed by atoms with E-state index in [1.54, 1.807) is 0 Å². The summed E-state index contributed by atoms with van der Waals surface area (Å²) in [7, 11) is 0. The number of amides is 2. The molecule has 0 unspecified atom stereocenters. The minimum absolute atomic E-state index is 0.0487. The van der Waals surface area contributed by atoms with Gasteiger partial charge < -0.3 is 14.8 Å². The van der Waals surface area contributed by atoms with Crippen molar-refractivity contribution in [2.24, 2.45) is 5.84 Å². The van der Waals surface area contributed by atoms with Gasteiger partial charge in [0.25, 0.3) is 0 Å². The zero-order valence-electron chi connectivity index (χ0n) is 23.2. The summed E-state index contributed by atoms with van der Waals surface area (Å²) in [5, 5.41) is 22.4. The Morgan fingerprint density at radius 1 is 0.867 bits per heavy atom. The normalized spacial score (nSPS) is 16.5. The average Bonchev–Trinajstić information content (AvgIpc) is 3.69. The van der Waals surface area contributed by atoms with Crippen molar-refractivity contribution in [3.05, 3.63) is 58.1 Å². The molecule has 19 heteroatoms. The number of carbonyl (C=O) groups excluding carboxylic acids is 2. The highest BCUT2D eigenvalue weighted by molar-refractivity contribution is 7.15. The molecule has 1 aliphatic rings. The molecule has 0 aliphatic heterocycles. The van der Waals surface area contributed by atoms with Crippen LogP contribution in [0, 0.1) is 0 Å². The quantitative estimate of drug-likeness (QED) is 0.0946. The highest BCUT2D eigenvalue weighted by Gasteiger charge is 2.30. The van der Waals surface area contributed by atoms with Crippen LogP contribution in [0.2, 0.25) is 0 Å². The molecule has 2 amide bonds. The maximum Gasteiger partial charge on any atom is 0.387 e. The molecule has 13 nitrogen and oxygen atoms in total. The van der Waals surface area contributed by atoms with Gasteiger partial charge in [-0.15, -0.1) is 20.4 Å². The molecule has 5 rings (SSSR count). The number of carbonyl (C=O) groups is 2. The Labute approximate surface area is 260 Å². The molecule has 1 aliphatic carbocycles. The Bertz CT molecular complexity index is 1590. The van der Waals surface area contributed by atoms with Crippen LogP contribution in [0.15, 0.2) is 36.7 Å². The van der Waals surface area contributed by atoms with E-state index in [-0.39, 0.29) is 47.2 Å². The molecule has 0 saturated heterocycles. The molecule has 4 aromatic heterocycles. The molecule has 238 valence electrons. The fraction of sp³-hybridized carbons (Fsp3) is 0.385. The summed E-state index contributed by atoms with van der Waals surface area (Å²) in [4.78, 5) is 33.1. The number of hydrogen-bond donors (Lipinski definition) is 2. The summed E-state index contributed by atoms with van der Waals surface area (Å²) >= 11 is 2.47. The Hall–Kier alpha value is -4.36. The Balaban J connectivity index is 1.13. The Kier molecular flexibility index (Phi) is 10.4. The molecule has 3 N–H and O–H groups in total. The molecular weight excluding hydrogens is 642 g/mol. The molecule has 4 heterocycles. The molecule has 0 radical (unpaired) electrons. The average molecular weight is 668 g/mol. The Morgan fingerprint density at radius 2 is 1.44 bits per heavy atom. The van der Waals surface area contributed by atoms with Gasteiger partial charge in [0.05, 0.1) is 30.9 Å². The predicted molar refractivity (Wildman–Crippen MR) is 153 cm³/mol. The summed E-state index contributed by atoms with van der Waals surface area (Å²) in [6.45, 7) is -5.94. The lowest BCUT2D eigenvalue weighted by Crippen LogP contribution is -2.38. The molecule has 1 fully saturated rings. The van der Waals surface area contributed by atoms with Crippen LogP contribution < -0.4 is 25.6 Å². The largest absolute Gasteiger partial charge is 0.433 e. The predicted octanol–water partition coefficient (Wildman–Crippen LogP) is 4.45. The molecular formula is C26H25F4N9O4S2. The van der Waals surface area contributed by atoms with Crippen molar-refractivity contribution in [1.82, 2.24) is 30.4 Å². The van der Waals surface area contributed by atoms with Crippen LogP contribution in [-0.2, 0) is 22.4 Å². The van der Waals surface area contributed by atoms with Crippen molar-refractivity contribution in [2.75, 3.05) is 10.3 Å². The van der Waals surface area contributed by atoms with Crippen LogP contribution >= 0.6 is 22.7 Å². The standard InChI is InChI=1S/C26H25F4N9O4S2/c27-23(28)42-17-6-4-15(32-11-17)9-19(40)34-25-37-35-21(44-25)13-2-1-3-14(8-13)22-36-38-26(45-22)39(31)20(41)10-16-5-7-18(12-33-16)43-24(29)30/h4-7,11-14,23-24H,1-3,8-10,31H2,(H,34,37,40)/t13-,14-/m0/s1. The number of hydrazine groups is 1. The number of pyridine rings is 2. The number of ether oxygens (including phenoxy) is 2. The lowest BCUT2D eigenvalue weighted by atomic mass is 9.82. The number of aromatic nitrogens is 6. The molecule has 45 heavy (non-hydrogen) atoms. The van der Waals surface area contributed by atoms with Gasteiger partial charge in [0.2, 0.25) is 22.1 Å². The van der Waals surface area contributed by atoms with Gasteiger partial charge in [-0.1, -0.05) is 29.1 Å². The van der Waals surface area contributed by atoms with Gasteiger partial charge in [-0.3, -0.25) is 19.6 Å². The summed E-state index contributed by atoms with van der Waals surface area (Å²) in [6.07, 6.45) is 5.29. The summed E-state index contributed by atoms with van der Waals surface area (Å²) in [6, 6.07) is 5.42. The first-order valence-electron chi connectivity index (χ1n) is 13.5. The molecule has 1 saturated carbocycles. The third-order valence-corrected chi connectivity index (χ3v) is 8.77. The van der Waals surface area contributed by atoms with Crippen molar-refractivity contribution in [1.29, 1.82) is 0 Å². The monoisotopic (exact) mass is 667 g/mol. The van der Waals surface area contributed by atoms with E-state index in [4.69, 9.17) is 5.84 Å². The van der Waals surface area contributed by atoms with Gasteiger partial charge in [-0.25, -0.2) is 10.9 Å². The van der Waals surface area contributed by atoms with Crippen molar-refractivity contribution in [3.63, 3.8) is 0 Å². The van der Waals surface area contributed by atoms with Gasteiger partial charge in [0.15, 0.2) is 0 Å². The van der Waals surface area contributed by atoms with Gasteiger partial charge >= 0.3 is 13.2 Å². The highest BCUT2D eigenvalue weighted by atomic mass is 32.1. The minimum atomic E-state index is -2.98. The number of nitrogens with one attached hydrogen (secondary N) is 1. The maximum absolute atomic E-state index is 12.7. The molecule has 0 bridgehead atoms. The van der Waals surface area contributed by atoms with E-state index in [0.717, 1.165) is 46.7 Å². The number of rotatable bonds is 12. The van der Waals surface area contributed by atoms with Gasteiger partial charge in [-0.2, -0.15) is 17.6 Å². The second kappa shape index (κ2) is 14.6. The first-order chi connectivity index (χ1) is 21.6. The van der Waals surface area contributed by atoms with Crippen LogP contribution in [-0.4, -0.2) is 55.4 Å². The van der Waals surface area contributed by atoms with E-state index in [2.05, 4.69) is 45.2 Å². The smallest absolute Gasteiger partial charge is 0.387 e. The highest BCUT2D eigenvalue weighted by Crippen LogP contribution is 2.43.